The van der Waals surface area contributed by atoms with E-state index in [2.05, 4.69) is 37.2 Å². The molecule has 3 aromatic carbocycles. The summed E-state index contributed by atoms with van der Waals surface area (Å²) in [4.78, 5) is 24.2. The smallest absolute Gasteiger partial charge is 0.396 e. The van der Waals surface area contributed by atoms with Crippen LogP contribution >= 0.6 is 78.0 Å². The molecule has 4 aromatic rings. The Kier molecular flexibility index (Phi) is 7.43. The fraction of sp³-hybridized carbons (Fsp3) is 0.0909. The molecule has 0 aliphatic carbocycles. The highest BCUT2D eigenvalue weighted by atomic mass is 79.9. The first-order valence-electron chi connectivity index (χ1n) is 9.24. The Labute approximate surface area is 223 Å². The minimum atomic E-state index is -2.00. The van der Waals surface area contributed by atoms with Gasteiger partial charge in [-0.1, -0.05) is 90.1 Å². The number of amides is 1. The number of carbonyl (C=O) groups is 1. The Balaban J connectivity index is 1.75. The van der Waals surface area contributed by atoms with Gasteiger partial charge in [-0.05, 0) is 54.1 Å². The highest BCUT2D eigenvalue weighted by Gasteiger charge is 2.37. The minimum Gasteiger partial charge on any atom is -0.465 e. The van der Waals surface area contributed by atoms with Gasteiger partial charge >= 0.3 is 4.94 Å². The fourth-order valence-electron chi connectivity index (χ4n) is 3.02. The van der Waals surface area contributed by atoms with Crippen LogP contribution in [0.5, 0.6) is 5.75 Å². The number of halogens is 5. The summed E-state index contributed by atoms with van der Waals surface area (Å²) in [6.07, 6.45) is -1.34. The number of hydrogen-bond acceptors (Lipinski definition) is 5. The largest absolute Gasteiger partial charge is 0.465 e. The predicted octanol–water partition coefficient (Wildman–Crippen LogP) is 7.55. The highest BCUT2D eigenvalue weighted by Crippen LogP contribution is 2.41. The Bertz CT molecular complexity index is 1370. The van der Waals surface area contributed by atoms with E-state index in [1.165, 1.54) is 0 Å². The number of nitrogens with one attached hydrogen (secondary N) is 1. The van der Waals surface area contributed by atoms with Gasteiger partial charge in [0.1, 0.15) is 11.3 Å². The molecule has 0 aliphatic rings. The Morgan fingerprint density at radius 2 is 1.58 bits per heavy atom. The van der Waals surface area contributed by atoms with Crippen LogP contribution in [0, 0.1) is 0 Å². The second-order valence-corrected chi connectivity index (χ2v) is 11.9. The monoisotopic (exact) mass is 649 g/mol. The maximum Gasteiger partial charge on any atom is 0.396 e. The van der Waals surface area contributed by atoms with Crippen LogP contribution in [0.4, 0.5) is 0 Å². The van der Waals surface area contributed by atoms with Gasteiger partial charge in [0.15, 0.2) is 0 Å². The maximum atomic E-state index is 12.8. The molecule has 33 heavy (non-hydrogen) atoms. The number of fused-ring (bicyclic) bond motifs is 1. The lowest BCUT2D eigenvalue weighted by molar-refractivity contribution is 0.0834. The average Bonchev–Trinajstić information content (AvgIpc) is 3.14. The first-order chi connectivity index (χ1) is 15.6. The van der Waals surface area contributed by atoms with Gasteiger partial charge in [0.2, 0.25) is 10.0 Å². The molecule has 170 valence electrons. The lowest BCUT2D eigenvalue weighted by atomic mass is 10.0. The number of rotatable bonds is 5. The standard InChI is InChI=1S/C22H12Br2Cl3NO4S/c23-13-5-1-11(2-6-13)17-15(9-10-16-18(17)33-21(30)32-16)31-20(22(25,26)27)28-19(29)12-3-7-14(24)8-4-12/h1-10,20H,(H,28,29). The van der Waals surface area contributed by atoms with Crippen LogP contribution in [0.1, 0.15) is 10.4 Å². The van der Waals surface area contributed by atoms with Crippen LogP contribution < -0.4 is 15.0 Å². The molecule has 1 amide bonds. The molecular weight excluding hydrogens is 640 g/mol. The van der Waals surface area contributed by atoms with Gasteiger partial charge in [-0.2, -0.15) is 0 Å². The van der Waals surface area contributed by atoms with Crippen molar-refractivity contribution >= 4 is 94.2 Å². The second-order valence-electron chi connectivity index (χ2n) is 6.75. The third kappa shape index (κ3) is 5.75. The summed E-state index contributed by atoms with van der Waals surface area (Å²) in [6, 6.07) is 17.3. The van der Waals surface area contributed by atoms with Crippen LogP contribution in [0.3, 0.4) is 0 Å². The van der Waals surface area contributed by atoms with Crippen molar-refractivity contribution in [1.82, 2.24) is 5.32 Å². The molecule has 0 bridgehead atoms. The summed E-state index contributed by atoms with van der Waals surface area (Å²) in [7, 11) is 0. The van der Waals surface area contributed by atoms with E-state index < -0.39 is 20.9 Å². The van der Waals surface area contributed by atoms with Crippen LogP contribution in [-0.2, 0) is 0 Å². The lowest BCUT2D eigenvalue weighted by Crippen LogP contribution is -2.47. The zero-order valence-electron chi connectivity index (χ0n) is 16.3. The SMILES string of the molecule is O=C(NC(Oc1ccc2oc(=O)sc2c1-c1ccc(Br)cc1)C(Cl)(Cl)Cl)c1ccc(Br)cc1. The van der Waals surface area contributed by atoms with Crippen molar-refractivity contribution in [2.45, 2.75) is 10.0 Å². The van der Waals surface area contributed by atoms with Crippen molar-refractivity contribution in [1.29, 1.82) is 0 Å². The molecule has 0 aliphatic heterocycles. The van der Waals surface area contributed by atoms with Crippen molar-refractivity contribution in [2.24, 2.45) is 0 Å². The first-order valence-corrected chi connectivity index (χ1v) is 12.8. The van der Waals surface area contributed by atoms with Gasteiger partial charge in [-0.3, -0.25) is 4.79 Å². The van der Waals surface area contributed by atoms with E-state index in [1.54, 1.807) is 36.4 Å². The maximum absolute atomic E-state index is 12.8. The summed E-state index contributed by atoms with van der Waals surface area (Å²) in [5.74, 6) is -0.188. The van der Waals surface area contributed by atoms with Crippen LogP contribution in [0.2, 0.25) is 0 Å². The molecule has 5 nitrogen and oxygen atoms in total. The first kappa shape index (κ1) is 24.6. The number of benzene rings is 3. The van der Waals surface area contributed by atoms with E-state index in [0.717, 1.165) is 25.8 Å². The molecule has 0 spiro atoms. The highest BCUT2D eigenvalue weighted by molar-refractivity contribution is 9.10. The van der Waals surface area contributed by atoms with E-state index in [4.69, 9.17) is 44.0 Å². The zero-order valence-corrected chi connectivity index (χ0v) is 22.5. The van der Waals surface area contributed by atoms with Crippen LogP contribution in [0.15, 0.2) is 78.8 Å². The minimum absolute atomic E-state index is 0.300. The van der Waals surface area contributed by atoms with Gasteiger partial charge in [0.25, 0.3) is 5.91 Å². The number of carbonyl (C=O) groups excluding carboxylic acids is 1. The lowest BCUT2D eigenvalue weighted by Gasteiger charge is -2.27. The Morgan fingerprint density at radius 3 is 2.18 bits per heavy atom. The predicted molar refractivity (Wildman–Crippen MR) is 140 cm³/mol. The Hall–Kier alpha value is -1.55. The van der Waals surface area contributed by atoms with Crippen molar-refractivity contribution in [2.75, 3.05) is 0 Å². The molecule has 0 saturated heterocycles. The van der Waals surface area contributed by atoms with E-state index >= 15 is 0 Å². The molecule has 0 fully saturated rings. The van der Waals surface area contributed by atoms with E-state index in [9.17, 15) is 9.59 Å². The molecule has 1 aromatic heterocycles. The third-order valence-electron chi connectivity index (χ3n) is 4.51. The van der Waals surface area contributed by atoms with E-state index in [-0.39, 0.29) is 0 Å². The molecule has 4 rings (SSSR count). The molecule has 0 saturated carbocycles. The molecule has 0 radical (unpaired) electrons. The molecule has 11 heteroatoms. The second kappa shape index (κ2) is 9.98. The summed E-state index contributed by atoms with van der Waals surface area (Å²) < 4.78 is 11.6. The quantitative estimate of drug-likeness (QED) is 0.179. The number of hydrogen-bond donors (Lipinski definition) is 1. The molecule has 1 unspecified atom stereocenters. The normalized spacial score (nSPS) is 12.5. The van der Waals surface area contributed by atoms with E-state index in [0.29, 0.717) is 27.2 Å². The topological polar surface area (TPSA) is 68.5 Å². The summed E-state index contributed by atoms with van der Waals surface area (Å²) >= 11 is 26.1. The number of alkyl halides is 3. The van der Waals surface area contributed by atoms with Crippen molar-refractivity contribution in [3.05, 3.63) is 84.9 Å². The number of ether oxygens (including phenoxy) is 1. The van der Waals surface area contributed by atoms with Gasteiger partial charge in [0, 0.05) is 20.1 Å². The van der Waals surface area contributed by atoms with E-state index in [1.807, 2.05) is 24.3 Å². The van der Waals surface area contributed by atoms with Crippen molar-refractivity contribution < 1.29 is 13.9 Å². The Morgan fingerprint density at radius 1 is 0.970 bits per heavy atom. The summed E-state index contributed by atoms with van der Waals surface area (Å²) in [5, 5.41) is 2.62. The molecule has 1 N–H and O–H groups in total. The van der Waals surface area contributed by atoms with Gasteiger partial charge in [-0.15, -0.1) is 0 Å². The van der Waals surface area contributed by atoms with Crippen molar-refractivity contribution in [3.8, 4) is 16.9 Å². The summed E-state index contributed by atoms with van der Waals surface area (Å²) in [5.41, 5.74) is 2.09. The van der Waals surface area contributed by atoms with Crippen molar-refractivity contribution in [3.63, 3.8) is 0 Å². The zero-order chi connectivity index (χ0) is 23.8. The van der Waals surface area contributed by atoms with Gasteiger partial charge in [-0.25, -0.2) is 4.79 Å². The molecule has 1 atom stereocenters. The molecular formula is C22H12Br2Cl3NO4S. The molecule has 1 heterocycles. The van der Waals surface area contributed by atoms with Gasteiger partial charge < -0.3 is 14.5 Å². The third-order valence-corrected chi connectivity index (χ3v) is 7.02. The van der Waals surface area contributed by atoms with Crippen LogP contribution in [0.25, 0.3) is 21.4 Å². The fourth-order valence-corrected chi connectivity index (χ4v) is 4.67. The summed E-state index contributed by atoms with van der Waals surface area (Å²) in [6.45, 7) is 0. The van der Waals surface area contributed by atoms with Crippen LogP contribution in [-0.4, -0.2) is 15.9 Å². The van der Waals surface area contributed by atoms with Gasteiger partial charge in [0.05, 0.1) is 4.70 Å². The average molecular weight is 653 g/mol.